The highest BCUT2D eigenvalue weighted by molar-refractivity contribution is 6.00. The van der Waals surface area contributed by atoms with Gasteiger partial charge in [0, 0.05) is 137 Å². The van der Waals surface area contributed by atoms with Crippen molar-refractivity contribution in [2.45, 2.75) is 338 Å². The van der Waals surface area contributed by atoms with Gasteiger partial charge >= 0.3 is 0 Å². The number of hydrogen-bond acceptors (Lipinski definition) is 22. The van der Waals surface area contributed by atoms with Crippen molar-refractivity contribution in [3.63, 3.8) is 0 Å². The van der Waals surface area contributed by atoms with Gasteiger partial charge in [-0.05, 0) is 181 Å². The number of nitrogens with one attached hydrogen (secondary N) is 12. The number of carbonyl (C=O) groups is 12. The number of carbonyl (C=O) groups excluding carboxylic acids is 12. The fourth-order valence-electron chi connectivity index (χ4n) is 16.7. The molecule has 124 heavy (non-hydrogen) atoms. The van der Waals surface area contributed by atoms with Crippen LogP contribution in [-0.2, 0) is 85.8 Å². The van der Waals surface area contributed by atoms with E-state index >= 15 is 0 Å². The van der Waals surface area contributed by atoms with E-state index in [1.807, 2.05) is 13.8 Å². The average Bonchev–Trinajstić information content (AvgIpc) is 0.820. The third kappa shape index (κ3) is 37.3. The number of hydrogen-bond donors (Lipinski definition) is 13. The molecule has 0 aromatic heterocycles. The van der Waals surface area contributed by atoms with Crippen LogP contribution >= 0.6 is 0 Å². The zero-order valence-electron chi connectivity index (χ0n) is 77.1. The summed E-state index contributed by atoms with van der Waals surface area (Å²) in [7, 11) is 0. The fourth-order valence-corrected chi connectivity index (χ4v) is 16.7. The van der Waals surface area contributed by atoms with E-state index in [0.717, 1.165) is 25.7 Å². The first-order chi connectivity index (χ1) is 59.2. The molecule has 0 bridgehead atoms. The van der Waals surface area contributed by atoms with Crippen molar-refractivity contribution in [2.75, 3.05) is 78.8 Å². The molecule has 22 atom stereocenters. The number of unbranched alkanes of at least 4 members (excludes halogenated alkanes) is 6. The Morgan fingerprint density at radius 3 is 0.895 bits per heavy atom. The summed E-state index contributed by atoms with van der Waals surface area (Å²) in [6.45, 7) is 32.7. The Morgan fingerprint density at radius 1 is 0.339 bits per heavy atom. The minimum absolute atomic E-state index is 0.00294. The first-order valence-electron chi connectivity index (χ1n) is 46.1. The predicted octanol–water partition coefficient (Wildman–Crippen LogP) is 6.65. The first-order valence-corrected chi connectivity index (χ1v) is 46.1. The van der Waals surface area contributed by atoms with E-state index in [4.69, 9.17) is 48.4 Å². The van der Waals surface area contributed by atoms with Crippen LogP contribution in [0.1, 0.15) is 273 Å². The monoisotopic (exact) mass is 1750 g/mol. The van der Waals surface area contributed by atoms with Crippen LogP contribution in [0.2, 0.25) is 0 Å². The van der Waals surface area contributed by atoms with E-state index in [0.29, 0.717) is 103 Å². The van der Waals surface area contributed by atoms with Gasteiger partial charge in [-0.15, -0.1) is 0 Å². The molecule has 14 N–H and O–H groups in total. The highest BCUT2D eigenvalue weighted by Gasteiger charge is 2.46. The summed E-state index contributed by atoms with van der Waals surface area (Å²) < 4.78 is 55.6. The minimum Gasteiger partial charge on any atom is -0.492 e. The zero-order valence-corrected chi connectivity index (χ0v) is 77.1. The van der Waals surface area contributed by atoms with Crippen molar-refractivity contribution in [3.8, 4) is 5.75 Å². The van der Waals surface area contributed by atoms with Crippen LogP contribution in [0.5, 0.6) is 5.75 Å². The van der Waals surface area contributed by atoms with Crippen LogP contribution < -0.4 is 74.3 Å². The number of nitrogens with two attached hydrogens (primary N) is 1. The van der Waals surface area contributed by atoms with Crippen molar-refractivity contribution in [1.82, 2.24) is 63.8 Å². The van der Waals surface area contributed by atoms with E-state index in [-0.39, 0.29) is 251 Å². The van der Waals surface area contributed by atoms with E-state index in [2.05, 4.69) is 133 Å². The van der Waals surface area contributed by atoms with Crippen molar-refractivity contribution in [3.05, 3.63) is 29.3 Å². The molecule has 0 saturated carbocycles. The molecule has 20 unspecified atom stereocenters. The molecule has 1 aromatic carbocycles. The Balaban J connectivity index is 1.14. The quantitative estimate of drug-likeness (QED) is 0.0303. The molecule has 706 valence electrons. The lowest BCUT2D eigenvalue weighted by Gasteiger charge is -2.44. The van der Waals surface area contributed by atoms with Crippen molar-refractivity contribution in [2.24, 2.45) is 53.1 Å². The topological polar surface area (TPSA) is 458 Å². The van der Waals surface area contributed by atoms with Crippen molar-refractivity contribution in [1.29, 1.82) is 0 Å². The summed E-state index contributed by atoms with van der Waals surface area (Å²) in [5, 5.41) is 34.9. The van der Waals surface area contributed by atoms with Crippen molar-refractivity contribution < 1.29 is 100 Å². The van der Waals surface area contributed by atoms with Crippen LogP contribution in [0.15, 0.2) is 18.2 Å². The second-order valence-electron chi connectivity index (χ2n) is 34.3. The summed E-state index contributed by atoms with van der Waals surface area (Å²) in [5.41, 5.74) is 5.88. The van der Waals surface area contributed by atoms with E-state index in [9.17, 15) is 57.5 Å². The maximum atomic E-state index is 14.0. The van der Waals surface area contributed by atoms with Gasteiger partial charge in [0.2, 0.25) is 59.1 Å². The molecular formula is C90H155N13O21. The highest BCUT2D eigenvalue weighted by Crippen LogP contribution is 2.37. The molecule has 0 radical (unpaired) electrons. The molecule has 12 amide bonds. The van der Waals surface area contributed by atoms with Gasteiger partial charge in [-0.25, -0.2) is 0 Å². The van der Waals surface area contributed by atoms with Gasteiger partial charge in [0.1, 0.15) is 24.4 Å². The van der Waals surface area contributed by atoms with Gasteiger partial charge in [-0.3, -0.25) is 57.5 Å². The average molecular weight is 1760 g/mol. The molecule has 4 aliphatic heterocycles. The summed E-state index contributed by atoms with van der Waals surface area (Å²) in [4.78, 5) is 157. The third-order valence-electron chi connectivity index (χ3n) is 24.8. The Morgan fingerprint density at radius 2 is 0.621 bits per heavy atom. The standard InChI is InChI=1S/C90H155N13O21/c1-17-71-54(5)58(9)79(98-62(13)104)87(121-71)117-46-29-23-35-75(108)92-40-27-21-33-69(102-77(110)37-25-31-48-119-89-81(100-64(15)106)60(11)56(7)73(19-3)123-89)85(114)96-44-42-94-83(112)66-51-67(53-68(52-66)116-50-39-91)84(113)95-43-45-97-86(115)70(103-78(111)38-26-32-49-120-90-82(101-65(16)107)61(12)57(8)74(20-4)124-90)34-22-28-41-93-76(109)36-24-30-47-118-88-80(99-63(14)105)59(10)55(6)72(18-2)122-88/h51-61,69-74,79-82,87-90H,17-50,91H2,1-16H3,(H,92,108)(H,93,109)(H,94,112)(H,95,113)(H,96,114)(H,97,115)(H,98,104)(H,99,105)(H,100,106)(H,101,107)(H,102,110)(H,103,111)/t54?,55?,56?,57?,58?,59?,60?,61?,69-,70-,71?,72?,73?,74?,79?,80?,81?,82?,87?,88?,89?,90?/m0/s1. The fraction of sp³-hybridized carbons (Fsp3) is 0.800. The van der Waals surface area contributed by atoms with Gasteiger partial charge in [0.15, 0.2) is 25.2 Å². The summed E-state index contributed by atoms with van der Waals surface area (Å²) in [6, 6.07) is 1.04. The van der Waals surface area contributed by atoms with Gasteiger partial charge in [-0.1, -0.05) is 83.1 Å². The maximum Gasteiger partial charge on any atom is 0.251 e. The SMILES string of the molecule is CCC1OC(OCCCCC(=O)NCCCC[C@H](NC(=O)CCCCOC2OC(CC)C(C)C(C)C2NC(C)=O)C(=O)NCCNC(=O)c2cc(OCCN)cc(C(=O)NCCNC(=O)[C@H](CCCCNC(=O)CCCCOC3OC(CC)C(C)C(C)C3NC(C)=O)NC(=O)CCCCOC3OC(CC)C(C)C(C)C3NC(C)=O)c2)C(NC(C)=O)C(C)C1C. The predicted molar refractivity (Wildman–Crippen MR) is 468 cm³/mol. The minimum atomic E-state index is -0.971. The second kappa shape index (κ2) is 57.9. The molecule has 4 saturated heterocycles. The number of ether oxygens (including phenoxy) is 9. The van der Waals surface area contributed by atoms with Crippen LogP contribution in [0, 0.1) is 47.3 Å². The van der Waals surface area contributed by atoms with Crippen molar-refractivity contribution >= 4 is 70.9 Å². The molecule has 5 rings (SSSR count). The Labute approximate surface area is 736 Å². The molecule has 4 fully saturated rings. The summed E-state index contributed by atoms with van der Waals surface area (Å²) in [6.07, 6.45) is 7.77. The first kappa shape index (κ1) is 107. The molecule has 34 nitrogen and oxygen atoms in total. The molecule has 4 heterocycles. The van der Waals surface area contributed by atoms with Gasteiger partial charge < -0.3 is 112 Å². The Hall–Kier alpha value is -7.70. The molecular weight excluding hydrogens is 1600 g/mol. The third-order valence-corrected chi connectivity index (χ3v) is 24.8. The van der Waals surface area contributed by atoms with E-state index in [1.165, 1.54) is 45.9 Å². The largest absolute Gasteiger partial charge is 0.492 e. The lowest BCUT2D eigenvalue weighted by Crippen LogP contribution is -2.57. The van der Waals surface area contributed by atoms with Crippen LogP contribution in [0.4, 0.5) is 0 Å². The second-order valence-corrected chi connectivity index (χ2v) is 34.3. The lowest BCUT2D eigenvalue weighted by atomic mass is 9.81. The molecule has 4 aliphatic rings. The number of amides is 12. The van der Waals surface area contributed by atoms with Crippen LogP contribution in [-0.4, -0.2) is 236 Å². The smallest absolute Gasteiger partial charge is 0.251 e. The van der Waals surface area contributed by atoms with E-state index in [1.54, 1.807) is 0 Å². The summed E-state index contributed by atoms with van der Waals surface area (Å²) >= 11 is 0. The Kier molecular flexibility index (Phi) is 49.9. The van der Waals surface area contributed by atoms with Crippen LogP contribution in [0.3, 0.4) is 0 Å². The van der Waals surface area contributed by atoms with Gasteiger partial charge in [-0.2, -0.15) is 0 Å². The van der Waals surface area contributed by atoms with Crippen LogP contribution in [0.25, 0.3) is 0 Å². The number of benzene rings is 1. The van der Waals surface area contributed by atoms with E-state index < -0.39 is 60.9 Å². The highest BCUT2D eigenvalue weighted by atomic mass is 16.7. The zero-order chi connectivity index (χ0) is 91.4. The lowest BCUT2D eigenvalue weighted by molar-refractivity contribution is -0.236. The molecule has 1 aromatic rings. The van der Waals surface area contributed by atoms with Gasteiger partial charge in [0.25, 0.3) is 11.8 Å². The molecule has 34 heteroatoms. The maximum absolute atomic E-state index is 14.0. The number of rotatable bonds is 57. The van der Waals surface area contributed by atoms with Gasteiger partial charge in [0.05, 0.1) is 48.6 Å². The molecule has 0 spiro atoms. The normalized spacial score (nSPS) is 26.6. The molecule has 0 aliphatic carbocycles. The Bertz CT molecular complexity index is 3240. The summed E-state index contributed by atoms with van der Waals surface area (Å²) in [5.74, 6) is -2.42.